The van der Waals surface area contributed by atoms with Gasteiger partial charge in [0.25, 0.3) is 0 Å². The summed E-state index contributed by atoms with van der Waals surface area (Å²) in [7, 11) is 0. The highest BCUT2D eigenvalue weighted by molar-refractivity contribution is 5.14. The predicted octanol–water partition coefficient (Wildman–Crippen LogP) is 0.614. The molecule has 0 aromatic heterocycles. The van der Waals surface area contributed by atoms with Crippen molar-refractivity contribution in [1.82, 2.24) is 4.90 Å². The van der Waals surface area contributed by atoms with E-state index in [0.717, 1.165) is 6.54 Å². The predicted molar refractivity (Wildman–Crippen MR) is 58.3 cm³/mol. The van der Waals surface area contributed by atoms with E-state index >= 15 is 0 Å². The van der Waals surface area contributed by atoms with Gasteiger partial charge in [-0.15, -0.1) is 0 Å². The number of nitrogens with zero attached hydrogens (tertiary/aromatic N) is 1. The SMILES string of the molecule is O[C@H]1C[C@H](O)CN(Cc2ccccc2)C1. The molecular weight excluding hydrogens is 190 g/mol. The normalized spacial score (nSPS) is 27.9. The van der Waals surface area contributed by atoms with Gasteiger partial charge in [0.2, 0.25) is 0 Å². The van der Waals surface area contributed by atoms with E-state index in [0.29, 0.717) is 19.5 Å². The molecule has 15 heavy (non-hydrogen) atoms. The summed E-state index contributed by atoms with van der Waals surface area (Å²) >= 11 is 0. The molecule has 2 rings (SSSR count). The van der Waals surface area contributed by atoms with E-state index in [-0.39, 0.29) is 0 Å². The lowest BCUT2D eigenvalue weighted by molar-refractivity contribution is -0.0110. The number of rotatable bonds is 2. The highest BCUT2D eigenvalue weighted by Crippen LogP contribution is 2.13. The third-order valence-electron chi connectivity index (χ3n) is 2.73. The third-order valence-corrected chi connectivity index (χ3v) is 2.73. The van der Waals surface area contributed by atoms with Gasteiger partial charge in [-0.2, -0.15) is 0 Å². The Kier molecular flexibility index (Phi) is 3.36. The quantitative estimate of drug-likeness (QED) is 0.747. The molecule has 2 atom stereocenters. The molecular formula is C12H17NO2. The van der Waals surface area contributed by atoms with E-state index in [1.165, 1.54) is 5.56 Å². The smallest absolute Gasteiger partial charge is 0.0692 e. The minimum Gasteiger partial charge on any atom is -0.392 e. The molecule has 1 aromatic rings. The minimum atomic E-state index is -0.391. The first kappa shape index (κ1) is 10.6. The van der Waals surface area contributed by atoms with Gasteiger partial charge in [0.05, 0.1) is 12.2 Å². The lowest BCUT2D eigenvalue weighted by Crippen LogP contribution is -2.45. The zero-order valence-corrected chi connectivity index (χ0v) is 8.71. The maximum absolute atomic E-state index is 9.53. The first-order chi connectivity index (χ1) is 7.24. The maximum atomic E-state index is 9.53. The Bertz CT molecular complexity index is 292. The average molecular weight is 207 g/mol. The van der Waals surface area contributed by atoms with Crippen LogP contribution in [0.15, 0.2) is 30.3 Å². The molecule has 0 amide bonds. The van der Waals surface area contributed by atoms with Crippen molar-refractivity contribution in [1.29, 1.82) is 0 Å². The fourth-order valence-electron chi connectivity index (χ4n) is 2.10. The summed E-state index contributed by atoms with van der Waals surface area (Å²) in [6.45, 7) is 2.12. The highest BCUT2D eigenvalue weighted by Gasteiger charge is 2.23. The number of hydrogen-bond acceptors (Lipinski definition) is 3. The second-order valence-corrected chi connectivity index (χ2v) is 4.22. The van der Waals surface area contributed by atoms with E-state index in [2.05, 4.69) is 17.0 Å². The number of aliphatic hydroxyl groups excluding tert-OH is 2. The monoisotopic (exact) mass is 207 g/mol. The van der Waals surface area contributed by atoms with Gasteiger partial charge < -0.3 is 10.2 Å². The zero-order chi connectivity index (χ0) is 10.7. The fraction of sp³-hybridized carbons (Fsp3) is 0.500. The van der Waals surface area contributed by atoms with Crippen LogP contribution >= 0.6 is 0 Å². The van der Waals surface area contributed by atoms with E-state index in [4.69, 9.17) is 0 Å². The summed E-state index contributed by atoms with van der Waals surface area (Å²) < 4.78 is 0. The van der Waals surface area contributed by atoms with Gasteiger partial charge in [-0.1, -0.05) is 30.3 Å². The van der Waals surface area contributed by atoms with Crippen LogP contribution in [0.2, 0.25) is 0 Å². The first-order valence-electron chi connectivity index (χ1n) is 5.36. The molecule has 1 aliphatic rings. The number of benzene rings is 1. The van der Waals surface area contributed by atoms with Crippen LogP contribution in [0, 0.1) is 0 Å². The van der Waals surface area contributed by atoms with E-state index < -0.39 is 12.2 Å². The zero-order valence-electron chi connectivity index (χ0n) is 8.71. The van der Waals surface area contributed by atoms with Crippen LogP contribution in [0.3, 0.4) is 0 Å². The molecule has 0 aliphatic carbocycles. The van der Waals surface area contributed by atoms with Gasteiger partial charge in [0.15, 0.2) is 0 Å². The number of piperidine rings is 1. The molecule has 1 heterocycles. The summed E-state index contributed by atoms with van der Waals surface area (Å²) in [4.78, 5) is 2.09. The van der Waals surface area contributed by atoms with Gasteiger partial charge in [-0.25, -0.2) is 0 Å². The Balaban J connectivity index is 1.94. The molecule has 2 N–H and O–H groups in total. The topological polar surface area (TPSA) is 43.7 Å². The average Bonchev–Trinajstić information content (AvgIpc) is 2.17. The number of β-amino-alcohol motifs (C(OH)–C–C–N with tert-alkyl or cyclic N) is 2. The van der Waals surface area contributed by atoms with E-state index in [1.807, 2.05) is 18.2 Å². The van der Waals surface area contributed by atoms with E-state index in [1.54, 1.807) is 0 Å². The van der Waals surface area contributed by atoms with Crippen molar-refractivity contribution in [3.8, 4) is 0 Å². The number of aliphatic hydroxyl groups is 2. The van der Waals surface area contributed by atoms with Crippen LogP contribution < -0.4 is 0 Å². The molecule has 1 aliphatic heterocycles. The van der Waals surface area contributed by atoms with Crippen molar-refractivity contribution >= 4 is 0 Å². The number of hydrogen-bond donors (Lipinski definition) is 2. The van der Waals surface area contributed by atoms with Gasteiger partial charge in [0, 0.05) is 26.1 Å². The van der Waals surface area contributed by atoms with Crippen LogP contribution in [0.1, 0.15) is 12.0 Å². The van der Waals surface area contributed by atoms with E-state index in [9.17, 15) is 10.2 Å². The van der Waals surface area contributed by atoms with Crippen LogP contribution in [0.25, 0.3) is 0 Å². The lowest BCUT2D eigenvalue weighted by atomic mass is 10.0. The molecule has 0 saturated carbocycles. The molecule has 1 saturated heterocycles. The Morgan fingerprint density at radius 1 is 1.07 bits per heavy atom. The largest absolute Gasteiger partial charge is 0.392 e. The van der Waals surface area contributed by atoms with Gasteiger partial charge in [-0.05, 0) is 5.56 Å². The second kappa shape index (κ2) is 4.75. The molecule has 0 bridgehead atoms. The minimum absolute atomic E-state index is 0.391. The summed E-state index contributed by atoms with van der Waals surface area (Å²) in [5.74, 6) is 0. The van der Waals surface area contributed by atoms with Crippen molar-refractivity contribution in [3.05, 3.63) is 35.9 Å². The molecule has 0 spiro atoms. The highest BCUT2D eigenvalue weighted by atomic mass is 16.3. The maximum Gasteiger partial charge on any atom is 0.0692 e. The van der Waals surface area contributed by atoms with Crippen molar-refractivity contribution in [2.75, 3.05) is 13.1 Å². The summed E-state index contributed by atoms with van der Waals surface area (Å²) in [6, 6.07) is 10.1. The molecule has 1 fully saturated rings. The van der Waals surface area contributed by atoms with Crippen molar-refractivity contribution in [2.24, 2.45) is 0 Å². The molecule has 82 valence electrons. The van der Waals surface area contributed by atoms with Gasteiger partial charge >= 0.3 is 0 Å². The van der Waals surface area contributed by atoms with Crippen molar-refractivity contribution in [2.45, 2.75) is 25.2 Å². The molecule has 0 unspecified atom stereocenters. The van der Waals surface area contributed by atoms with Gasteiger partial charge in [-0.3, -0.25) is 4.90 Å². The van der Waals surface area contributed by atoms with Crippen molar-refractivity contribution < 1.29 is 10.2 Å². The summed E-state index contributed by atoms with van der Waals surface area (Å²) in [5.41, 5.74) is 1.22. The third kappa shape index (κ3) is 3.02. The van der Waals surface area contributed by atoms with Crippen LogP contribution in [0.4, 0.5) is 0 Å². The summed E-state index contributed by atoms with van der Waals surface area (Å²) in [5, 5.41) is 19.1. The standard InChI is InChI=1S/C12H17NO2/c14-11-6-12(15)9-13(8-11)7-10-4-2-1-3-5-10/h1-5,11-12,14-15H,6-9H2/t11-,12-/m0/s1. The summed E-state index contributed by atoms with van der Waals surface area (Å²) in [6.07, 6.45) is -0.277. The Morgan fingerprint density at radius 2 is 1.67 bits per heavy atom. The molecule has 3 heteroatoms. The Labute approximate surface area is 90.0 Å². The van der Waals surface area contributed by atoms with Crippen LogP contribution in [-0.4, -0.2) is 40.4 Å². The van der Waals surface area contributed by atoms with Crippen LogP contribution in [0.5, 0.6) is 0 Å². The van der Waals surface area contributed by atoms with Crippen LogP contribution in [-0.2, 0) is 6.54 Å². The Morgan fingerprint density at radius 3 is 2.27 bits per heavy atom. The Hall–Kier alpha value is -0.900. The second-order valence-electron chi connectivity index (χ2n) is 4.22. The number of likely N-dealkylation sites (tertiary alicyclic amines) is 1. The fourth-order valence-corrected chi connectivity index (χ4v) is 2.10. The first-order valence-corrected chi connectivity index (χ1v) is 5.36. The molecule has 1 aromatic carbocycles. The molecule has 3 nitrogen and oxygen atoms in total. The van der Waals surface area contributed by atoms with Crippen molar-refractivity contribution in [3.63, 3.8) is 0 Å². The molecule has 0 radical (unpaired) electrons. The lowest BCUT2D eigenvalue weighted by Gasteiger charge is -2.33. The van der Waals surface area contributed by atoms with Gasteiger partial charge in [0.1, 0.15) is 0 Å².